The van der Waals surface area contributed by atoms with Gasteiger partial charge in [-0.05, 0) is 13.3 Å². The quantitative estimate of drug-likeness (QED) is 0.728. The Balaban J connectivity index is 2.16. The van der Waals surface area contributed by atoms with Gasteiger partial charge in [-0.3, -0.25) is 0 Å². The third-order valence-electron chi connectivity index (χ3n) is 2.19. The zero-order valence-electron chi connectivity index (χ0n) is 9.69. The first-order valence-electron chi connectivity index (χ1n) is 5.52. The highest BCUT2D eigenvalue weighted by molar-refractivity contribution is 7.99. The Morgan fingerprint density at radius 1 is 1.53 bits per heavy atom. The highest BCUT2D eigenvalue weighted by atomic mass is 32.2. The van der Waals surface area contributed by atoms with Crippen molar-refractivity contribution in [2.45, 2.75) is 50.1 Å². The van der Waals surface area contributed by atoms with Crippen LogP contribution < -0.4 is 5.32 Å². The predicted molar refractivity (Wildman–Crippen MR) is 64.2 cm³/mol. The van der Waals surface area contributed by atoms with E-state index >= 15 is 0 Å². The molecule has 1 N–H and O–H groups in total. The standard InChI is InChI=1S/C11H20N2OS/c1-4-5-9(2)13-8-10(3)15-11-12-6-7-14-11/h6-7,9-10,13H,4-5,8H2,1-3H3. The van der Waals surface area contributed by atoms with Gasteiger partial charge in [0, 0.05) is 17.8 Å². The monoisotopic (exact) mass is 228 g/mol. The van der Waals surface area contributed by atoms with E-state index in [1.54, 1.807) is 24.2 Å². The Kier molecular flexibility index (Phi) is 5.79. The minimum atomic E-state index is 0.489. The maximum absolute atomic E-state index is 5.18. The summed E-state index contributed by atoms with van der Waals surface area (Å²) < 4.78 is 5.18. The van der Waals surface area contributed by atoms with E-state index in [4.69, 9.17) is 4.42 Å². The van der Waals surface area contributed by atoms with Crippen molar-refractivity contribution in [2.24, 2.45) is 0 Å². The molecule has 1 aromatic rings. The normalized spacial score (nSPS) is 15.1. The number of thioether (sulfide) groups is 1. The number of oxazole rings is 1. The third-order valence-corrected chi connectivity index (χ3v) is 3.16. The molecule has 0 spiro atoms. The van der Waals surface area contributed by atoms with Crippen LogP contribution in [0.25, 0.3) is 0 Å². The summed E-state index contributed by atoms with van der Waals surface area (Å²) in [5.74, 6) is 0. The summed E-state index contributed by atoms with van der Waals surface area (Å²) in [4.78, 5) is 4.09. The fourth-order valence-electron chi connectivity index (χ4n) is 1.38. The lowest BCUT2D eigenvalue weighted by Crippen LogP contribution is -2.31. The molecular weight excluding hydrogens is 208 g/mol. The zero-order chi connectivity index (χ0) is 11.1. The zero-order valence-corrected chi connectivity index (χ0v) is 10.5. The van der Waals surface area contributed by atoms with E-state index in [1.165, 1.54) is 12.8 Å². The van der Waals surface area contributed by atoms with Crippen LogP contribution in [0.1, 0.15) is 33.6 Å². The van der Waals surface area contributed by atoms with Crippen molar-refractivity contribution in [3.8, 4) is 0 Å². The van der Waals surface area contributed by atoms with Crippen LogP contribution in [0.3, 0.4) is 0 Å². The summed E-state index contributed by atoms with van der Waals surface area (Å²) in [5.41, 5.74) is 0. The highest BCUT2D eigenvalue weighted by Crippen LogP contribution is 2.20. The van der Waals surface area contributed by atoms with E-state index in [9.17, 15) is 0 Å². The molecule has 0 saturated heterocycles. The molecule has 0 aromatic carbocycles. The molecule has 15 heavy (non-hydrogen) atoms. The van der Waals surface area contributed by atoms with Crippen LogP contribution >= 0.6 is 11.8 Å². The lowest BCUT2D eigenvalue weighted by atomic mass is 10.2. The fraction of sp³-hybridized carbons (Fsp3) is 0.727. The molecule has 86 valence electrons. The highest BCUT2D eigenvalue weighted by Gasteiger charge is 2.08. The average Bonchev–Trinajstić information content (AvgIpc) is 2.68. The molecule has 0 bridgehead atoms. The second-order valence-electron chi connectivity index (χ2n) is 3.82. The second kappa shape index (κ2) is 6.90. The molecular formula is C11H20N2OS. The Bertz CT molecular complexity index is 251. The molecule has 1 heterocycles. The first-order chi connectivity index (χ1) is 7.22. The van der Waals surface area contributed by atoms with Crippen LogP contribution in [-0.2, 0) is 0 Å². The number of rotatable bonds is 7. The van der Waals surface area contributed by atoms with Gasteiger partial charge in [-0.15, -0.1) is 0 Å². The van der Waals surface area contributed by atoms with Crippen molar-refractivity contribution in [1.29, 1.82) is 0 Å². The van der Waals surface area contributed by atoms with E-state index in [-0.39, 0.29) is 0 Å². The van der Waals surface area contributed by atoms with Crippen LogP contribution in [0.4, 0.5) is 0 Å². The molecule has 2 atom stereocenters. The summed E-state index contributed by atoms with van der Waals surface area (Å²) in [6.07, 6.45) is 5.76. The molecule has 4 heteroatoms. The molecule has 0 amide bonds. The molecule has 0 aliphatic rings. The van der Waals surface area contributed by atoms with E-state index in [1.807, 2.05) is 0 Å². The molecule has 3 nitrogen and oxygen atoms in total. The molecule has 1 aromatic heterocycles. The Hall–Kier alpha value is -0.480. The van der Waals surface area contributed by atoms with Crippen molar-refractivity contribution >= 4 is 11.8 Å². The van der Waals surface area contributed by atoms with Crippen molar-refractivity contribution in [3.05, 3.63) is 12.5 Å². The molecule has 0 aliphatic heterocycles. The van der Waals surface area contributed by atoms with E-state index in [0.717, 1.165) is 11.8 Å². The van der Waals surface area contributed by atoms with Crippen LogP contribution in [0.15, 0.2) is 22.1 Å². The molecule has 0 aliphatic carbocycles. The first kappa shape index (κ1) is 12.6. The molecule has 0 fully saturated rings. The van der Waals surface area contributed by atoms with Gasteiger partial charge in [0.05, 0.1) is 6.20 Å². The predicted octanol–water partition coefficient (Wildman–Crippen LogP) is 2.93. The van der Waals surface area contributed by atoms with E-state index in [0.29, 0.717) is 11.3 Å². The Morgan fingerprint density at radius 3 is 2.93 bits per heavy atom. The minimum absolute atomic E-state index is 0.489. The number of hydrogen-bond acceptors (Lipinski definition) is 4. The van der Waals surface area contributed by atoms with Crippen molar-refractivity contribution in [1.82, 2.24) is 10.3 Å². The minimum Gasteiger partial charge on any atom is -0.440 e. The topological polar surface area (TPSA) is 38.1 Å². The molecule has 0 saturated carbocycles. The van der Waals surface area contributed by atoms with Gasteiger partial charge in [0.1, 0.15) is 6.26 Å². The van der Waals surface area contributed by atoms with Gasteiger partial charge in [-0.2, -0.15) is 0 Å². The first-order valence-corrected chi connectivity index (χ1v) is 6.39. The summed E-state index contributed by atoms with van der Waals surface area (Å²) in [6, 6.07) is 0.600. The van der Waals surface area contributed by atoms with Crippen molar-refractivity contribution in [3.63, 3.8) is 0 Å². The van der Waals surface area contributed by atoms with Crippen LogP contribution in [-0.4, -0.2) is 22.8 Å². The third kappa shape index (κ3) is 5.23. The summed E-state index contributed by atoms with van der Waals surface area (Å²) in [5, 5.41) is 4.75. The van der Waals surface area contributed by atoms with Gasteiger partial charge in [-0.1, -0.05) is 32.0 Å². The number of aromatic nitrogens is 1. The van der Waals surface area contributed by atoms with Gasteiger partial charge in [0.2, 0.25) is 0 Å². The summed E-state index contributed by atoms with van der Waals surface area (Å²) in [7, 11) is 0. The molecule has 2 unspecified atom stereocenters. The number of nitrogens with one attached hydrogen (secondary N) is 1. The number of hydrogen-bond donors (Lipinski definition) is 1. The molecule has 0 radical (unpaired) electrons. The Labute approximate surface area is 96.0 Å². The summed E-state index contributed by atoms with van der Waals surface area (Å²) >= 11 is 1.67. The lowest BCUT2D eigenvalue weighted by molar-refractivity contribution is 0.451. The smallest absolute Gasteiger partial charge is 0.255 e. The largest absolute Gasteiger partial charge is 0.440 e. The van der Waals surface area contributed by atoms with Gasteiger partial charge in [0.25, 0.3) is 5.22 Å². The van der Waals surface area contributed by atoms with Gasteiger partial charge < -0.3 is 9.73 Å². The van der Waals surface area contributed by atoms with Crippen LogP contribution in [0.5, 0.6) is 0 Å². The maximum atomic E-state index is 5.18. The molecule has 1 rings (SSSR count). The average molecular weight is 228 g/mol. The van der Waals surface area contributed by atoms with E-state index < -0.39 is 0 Å². The van der Waals surface area contributed by atoms with Crippen molar-refractivity contribution in [2.75, 3.05) is 6.54 Å². The van der Waals surface area contributed by atoms with Gasteiger partial charge >= 0.3 is 0 Å². The maximum Gasteiger partial charge on any atom is 0.255 e. The second-order valence-corrected chi connectivity index (χ2v) is 5.21. The Morgan fingerprint density at radius 2 is 2.33 bits per heavy atom. The SMILES string of the molecule is CCCC(C)NCC(C)Sc1ncco1. The summed E-state index contributed by atoms with van der Waals surface area (Å²) in [6.45, 7) is 7.61. The lowest BCUT2D eigenvalue weighted by Gasteiger charge is -2.15. The van der Waals surface area contributed by atoms with Gasteiger partial charge in [-0.25, -0.2) is 4.98 Å². The van der Waals surface area contributed by atoms with E-state index in [2.05, 4.69) is 31.1 Å². The van der Waals surface area contributed by atoms with Gasteiger partial charge in [0.15, 0.2) is 0 Å². The van der Waals surface area contributed by atoms with Crippen LogP contribution in [0.2, 0.25) is 0 Å². The van der Waals surface area contributed by atoms with Crippen molar-refractivity contribution < 1.29 is 4.42 Å². The number of nitrogens with zero attached hydrogens (tertiary/aromatic N) is 1. The van der Waals surface area contributed by atoms with Crippen LogP contribution in [0, 0.1) is 0 Å². The fourth-order valence-corrected chi connectivity index (χ4v) is 2.14.